The van der Waals surface area contributed by atoms with E-state index in [0.29, 0.717) is 42.9 Å². The van der Waals surface area contributed by atoms with E-state index < -0.39 is 0 Å². The van der Waals surface area contributed by atoms with Gasteiger partial charge in [-0.1, -0.05) is 6.07 Å². The van der Waals surface area contributed by atoms with Crippen LogP contribution in [0.1, 0.15) is 5.56 Å². The van der Waals surface area contributed by atoms with Crippen molar-refractivity contribution in [3.8, 4) is 22.9 Å². The summed E-state index contributed by atoms with van der Waals surface area (Å²) in [5, 5.41) is 4.27. The molecule has 1 N–H and O–H groups in total. The third-order valence-corrected chi connectivity index (χ3v) is 5.72. The average Bonchev–Trinajstić information content (AvgIpc) is 2.92. The smallest absolute Gasteiger partial charge is 0.163 e. The normalized spacial score (nSPS) is 13.6. The van der Waals surface area contributed by atoms with E-state index in [9.17, 15) is 0 Å². The van der Waals surface area contributed by atoms with E-state index in [2.05, 4.69) is 20.2 Å². The van der Waals surface area contributed by atoms with Crippen LogP contribution in [0.4, 0.5) is 11.6 Å². The van der Waals surface area contributed by atoms with E-state index in [0.717, 1.165) is 40.9 Å². The van der Waals surface area contributed by atoms with E-state index in [1.54, 1.807) is 20.4 Å². The van der Waals surface area contributed by atoms with Gasteiger partial charge in [-0.05, 0) is 29.8 Å². The number of hydrogen-bond donors (Lipinski definition) is 1. The Bertz CT molecular complexity index is 1260. The fraction of sp³-hybridized carbons (Fsp3) is 0.280. The molecule has 1 saturated heterocycles. The van der Waals surface area contributed by atoms with Gasteiger partial charge in [0.2, 0.25) is 0 Å². The topological polar surface area (TPSA) is 94.5 Å². The van der Waals surface area contributed by atoms with Gasteiger partial charge in [0.25, 0.3) is 0 Å². The first-order valence-electron chi connectivity index (χ1n) is 11.1. The van der Waals surface area contributed by atoms with Crippen LogP contribution in [0.15, 0.2) is 55.0 Å². The SMILES string of the molecule is COc1cc2nc(-c3ccc(N4CCOCC4)nc3)nc(NCc3cccnc3)c2cc1OC. The summed E-state index contributed by atoms with van der Waals surface area (Å²) in [4.78, 5) is 20.7. The number of aromatic nitrogens is 4. The van der Waals surface area contributed by atoms with Gasteiger partial charge in [0, 0.05) is 55.2 Å². The van der Waals surface area contributed by atoms with Crippen molar-refractivity contribution in [1.82, 2.24) is 19.9 Å². The number of morpholine rings is 1. The summed E-state index contributed by atoms with van der Waals surface area (Å²) < 4.78 is 16.4. The highest BCUT2D eigenvalue weighted by Gasteiger charge is 2.16. The lowest BCUT2D eigenvalue weighted by atomic mass is 10.1. The molecular weight excluding hydrogens is 432 g/mol. The number of hydrogen-bond acceptors (Lipinski definition) is 9. The first-order valence-corrected chi connectivity index (χ1v) is 11.1. The van der Waals surface area contributed by atoms with Crippen LogP contribution in [0.2, 0.25) is 0 Å². The Morgan fingerprint density at radius 3 is 2.53 bits per heavy atom. The lowest BCUT2D eigenvalue weighted by molar-refractivity contribution is 0.122. The zero-order chi connectivity index (χ0) is 23.3. The molecule has 9 nitrogen and oxygen atoms in total. The van der Waals surface area contributed by atoms with Crippen LogP contribution in [0.5, 0.6) is 11.5 Å². The minimum Gasteiger partial charge on any atom is -0.493 e. The highest BCUT2D eigenvalue weighted by Crippen LogP contribution is 2.35. The Labute approximate surface area is 197 Å². The molecule has 1 aromatic carbocycles. The van der Waals surface area contributed by atoms with Gasteiger partial charge in [0.1, 0.15) is 11.6 Å². The summed E-state index contributed by atoms with van der Waals surface area (Å²) in [5.74, 6) is 3.43. The number of methoxy groups -OCH3 is 2. The van der Waals surface area contributed by atoms with Crippen LogP contribution in [0.25, 0.3) is 22.3 Å². The number of benzene rings is 1. The van der Waals surface area contributed by atoms with Crippen LogP contribution >= 0.6 is 0 Å². The summed E-state index contributed by atoms with van der Waals surface area (Å²) in [6, 6.07) is 11.7. The first kappa shape index (κ1) is 21.8. The molecule has 5 rings (SSSR count). The number of nitrogens with zero attached hydrogens (tertiary/aromatic N) is 5. The van der Waals surface area contributed by atoms with E-state index >= 15 is 0 Å². The van der Waals surface area contributed by atoms with Crippen LogP contribution in [-0.2, 0) is 11.3 Å². The standard InChI is InChI=1S/C25H26N6O3/c1-32-21-12-19-20(13-22(21)33-2)29-24(30-25(19)28-15-17-4-3-7-26-14-17)18-5-6-23(27-16-18)31-8-10-34-11-9-31/h3-7,12-14,16H,8-11,15H2,1-2H3,(H,28,29,30). The number of pyridine rings is 2. The summed E-state index contributed by atoms with van der Waals surface area (Å²) >= 11 is 0. The van der Waals surface area contributed by atoms with Gasteiger partial charge < -0.3 is 24.4 Å². The lowest BCUT2D eigenvalue weighted by Crippen LogP contribution is -2.36. The number of fused-ring (bicyclic) bond motifs is 1. The number of anilines is 2. The fourth-order valence-corrected chi connectivity index (χ4v) is 3.91. The van der Waals surface area contributed by atoms with Gasteiger partial charge >= 0.3 is 0 Å². The van der Waals surface area contributed by atoms with Gasteiger partial charge in [-0.25, -0.2) is 15.0 Å². The predicted octanol–water partition coefficient (Wildman–Crippen LogP) is 3.55. The van der Waals surface area contributed by atoms with Gasteiger partial charge in [0.15, 0.2) is 17.3 Å². The number of nitrogens with one attached hydrogen (secondary N) is 1. The minimum absolute atomic E-state index is 0.571. The summed E-state index contributed by atoms with van der Waals surface area (Å²) in [6.07, 6.45) is 5.40. The summed E-state index contributed by atoms with van der Waals surface area (Å²) in [6.45, 7) is 3.68. The van der Waals surface area contributed by atoms with Crippen LogP contribution in [0, 0.1) is 0 Å². The van der Waals surface area contributed by atoms with Crippen molar-refractivity contribution >= 4 is 22.5 Å². The van der Waals surface area contributed by atoms with Crippen molar-refractivity contribution in [2.24, 2.45) is 0 Å². The van der Waals surface area contributed by atoms with Crippen molar-refractivity contribution in [3.05, 3.63) is 60.6 Å². The van der Waals surface area contributed by atoms with Crippen LogP contribution in [-0.4, -0.2) is 60.5 Å². The molecule has 9 heteroatoms. The van der Waals surface area contributed by atoms with Gasteiger partial charge in [-0.2, -0.15) is 0 Å². The molecule has 0 amide bonds. The number of ether oxygens (including phenoxy) is 3. The van der Waals surface area contributed by atoms with Crippen LogP contribution < -0.4 is 19.7 Å². The first-order chi connectivity index (χ1) is 16.7. The zero-order valence-corrected chi connectivity index (χ0v) is 19.2. The van der Waals surface area contributed by atoms with Crippen molar-refractivity contribution in [2.75, 3.05) is 50.7 Å². The Morgan fingerprint density at radius 1 is 1.00 bits per heavy atom. The fourth-order valence-electron chi connectivity index (χ4n) is 3.91. The molecule has 174 valence electrons. The second-order valence-electron chi connectivity index (χ2n) is 7.84. The molecule has 4 aromatic rings. The Morgan fingerprint density at radius 2 is 1.82 bits per heavy atom. The minimum atomic E-state index is 0.571. The largest absolute Gasteiger partial charge is 0.493 e. The highest BCUT2D eigenvalue weighted by atomic mass is 16.5. The Kier molecular flexibility index (Phi) is 6.35. The van der Waals surface area contributed by atoms with E-state index in [-0.39, 0.29) is 0 Å². The highest BCUT2D eigenvalue weighted by molar-refractivity contribution is 5.93. The molecular formula is C25H26N6O3. The molecule has 4 heterocycles. The molecule has 0 atom stereocenters. The molecule has 1 fully saturated rings. The monoisotopic (exact) mass is 458 g/mol. The summed E-state index contributed by atoms with van der Waals surface area (Å²) in [5.41, 5.74) is 2.62. The third kappa shape index (κ3) is 4.55. The predicted molar refractivity (Wildman–Crippen MR) is 130 cm³/mol. The molecule has 3 aromatic heterocycles. The van der Waals surface area contributed by atoms with E-state index in [1.807, 2.05) is 48.8 Å². The van der Waals surface area contributed by atoms with E-state index in [1.165, 1.54) is 0 Å². The molecule has 0 bridgehead atoms. The lowest BCUT2D eigenvalue weighted by Gasteiger charge is -2.27. The van der Waals surface area contributed by atoms with Gasteiger partial charge in [-0.3, -0.25) is 4.98 Å². The molecule has 0 saturated carbocycles. The Hall–Kier alpha value is -3.98. The van der Waals surface area contributed by atoms with Crippen molar-refractivity contribution in [3.63, 3.8) is 0 Å². The maximum Gasteiger partial charge on any atom is 0.163 e. The quantitative estimate of drug-likeness (QED) is 0.446. The molecule has 0 aliphatic carbocycles. The maximum absolute atomic E-state index is 5.51. The molecule has 1 aliphatic rings. The second kappa shape index (κ2) is 9.88. The molecule has 34 heavy (non-hydrogen) atoms. The second-order valence-corrected chi connectivity index (χ2v) is 7.84. The van der Waals surface area contributed by atoms with Crippen molar-refractivity contribution in [1.29, 1.82) is 0 Å². The Balaban J connectivity index is 1.53. The van der Waals surface area contributed by atoms with Crippen molar-refractivity contribution < 1.29 is 14.2 Å². The zero-order valence-electron chi connectivity index (χ0n) is 19.2. The van der Waals surface area contributed by atoms with Crippen molar-refractivity contribution in [2.45, 2.75) is 6.54 Å². The van der Waals surface area contributed by atoms with Gasteiger partial charge in [-0.15, -0.1) is 0 Å². The molecule has 1 aliphatic heterocycles. The molecule has 0 unspecified atom stereocenters. The van der Waals surface area contributed by atoms with E-state index in [4.69, 9.17) is 24.2 Å². The third-order valence-electron chi connectivity index (χ3n) is 5.72. The molecule has 0 spiro atoms. The maximum atomic E-state index is 5.51. The van der Waals surface area contributed by atoms with Gasteiger partial charge in [0.05, 0.1) is 33.0 Å². The molecule has 0 radical (unpaired) electrons. The number of rotatable bonds is 7. The average molecular weight is 459 g/mol. The summed E-state index contributed by atoms with van der Waals surface area (Å²) in [7, 11) is 3.23. The van der Waals surface area contributed by atoms with Crippen LogP contribution in [0.3, 0.4) is 0 Å².